The van der Waals surface area contributed by atoms with Crippen LogP contribution in [0.1, 0.15) is 25.0 Å². The topological polar surface area (TPSA) is 34.1 Å². The zero-order chi connectivity index (χ0) is 13.0. The Labute approximate surface area is 103 Å². The van der Waals surface area contributed by atoms with E-state index < -0.39 is 11.9 Å². The summed E-state index contributed by atoms with van der Waals surface area (Å²) < 4.78 is 42.7. The summed E-state index contributed by atoms with van der Waals surface area (Å²) in [5.74, 6) is 0.253. The van der Waals surface area contributed by atoms with Crippen LogP contribution in [0.5, 0.6) is 0 Å². The monoisotopic (exact) mass is 260 g/mol. The Morgan fingerprint density at radius 3 is 2.89 bits per heavy atom. The lowest BCUT2D eigenvalue weighted by Gasteiger charge is -2.12. The number of alkyl halides is 3. The Hall–Kier alpha value is -1.30. The van der Waals surface area contributed by atoms with Gasteiger partial charge in [-0.05, 0) is 31.4 Å². The quantitative estimate of drug-likeness (QED) is 0.903. The molecule has 6 heteroatoms. The van der Waals surface area contributed by atoms with E-state index in [9.17, 15) is 13.2 Å². The molecule has 0 bridgehead atoms. The molecule has 1 atom stereocenters. The Morgan fingerprint density at radius 1 is 1.39 bits per heavy atom. The molecule has 1 saturated heterocycles. The molecule has 0 aromatic carbocycles. The molecule has 1 unspecified atom stereocenters. The fraction of sp³-hybridized carbons (Fsp3) is 0.583. The van der Waals surface area contributed by atoms with E-state index in [1.807, 2.05) is 0 Å². The van der Waals surface area contributed by atoms with Crippen LogP contribution in [0.4, 0.5) is 19.0 Å². The van der Waals surface area contributed by atoms with Crippen molar-refractivity contribution in [1.82, 2.24) is 4.98 Å². The molecule has 100 valence electrons. The van der Waals surface area contributed by atoms with Gasteiger partial charge >= 0.3 is 6.18 Å². The van der Waals surface area contributed by atoms with Crippen molar-refractivity contribution in [3.63, 3.8) is 0 Å². The van der Waals surface area contributed by atoms with Gasteiger partial charge in [0.1, 0.15) is 11.5 Å². The maximum absolute atomic E-state index is 12.4. The largest absolute Gasteiger partial charge is 0.433 e. The minimum atomic E-state index is -4.40. The van der Waals surface area contributed by atoms with Crippen LogP contribution < -0.4 is 5.32 Å². The Kier molecular flexibility index (Phi) is 4.06. The number of halogens is 3. The summed E-state index contributed by atoms with van der Waals surface area (Å²) in [7, 11) is 0. The van der Waals surface area contributed by atoms with E-state index in [1.165, 1.54) is 12.1 Å². The Balaban J connectivity index is 1.85. The van der Waals surface area contributed by atoms with Crippen LogP contribution in [0.3, 0.4) is 0 Å². The molecule has 2 heterocycles. The third-order valence-electron chi connectivity index (χ3n) is 2.84. The predicted octanol–water partition coefficient (Wildman–Crippen LogP) is 3.08. The normalized spacial score (nSPS) is 20.1. The second-order valence-electron chi connectivity index (χ2n) is 4.26. The molecule has 0 spiro atoms. The molecule has 1 aromatic heterocycles. The fourth-order valence-electron chi connectivity index (χ4n) is 1.92. The van der Waals surface area contributed by atoms with E-state index in [0.717, 1.165) is 31.9 Å². The Bertz CT molecular complexity index is 389. The van der Waals surface area contributed by atoms with Crippen molar-refractivity contribution in [1.29, 1.82) is 0 Å². The summed E-state index contributed by atoms with van der Waals surface area (Å²) in [6, 6.07) is 3.85. The fourth-order valence-corrected chi connectivity index (χ4v) is 1.92. The zero-order valence-electron chi connectivity index (χ0n) is 9.83. The van der Waals surface area contributed by atoms with Gasteiger partial charge in [-0.25, -0.2) is 4.98 Å². The highest BCUT2D eigenvalue weighted by molar-refractivity contribution is 5.35. The Morgan fingerprint density at radius 2 is 2.22 bits per heavy atom. The predicted molar refractivity (Wildman–Crippen MR) is 61.3 cm³/mol. The van der Waals surface area contributed by atoms with Crippen molar-refractivity contribution in [2.24, 2.45) is 0 Å². The molecule has 1 aromatic rings. The molecule has 0 aliphatic carbocycles. The molecule has 1 fully saturated rings. The summed E-state index contributed by atoms with van der Waals surface area (Å²) >= 11 is 0. The van der Waals surface area contributed by atoms with Crippen LogP contribution in [0.25, 0.3) is 0 Å². The smallest absolute Gasteiger partial charge is 0.378 e. The molecule has 0 saturated carbocycles. The van der Waals surface area contributed by atoms with Gasteiger partial charge in [-0.3, -0.25) is 0 Å². The highest BCUT2D eigenvalue weighted by Crippen LogP contribution is 2.28. The van der Waals surface area contributed by atoms with E-state index in [1.54, 1.807) is 0 Å². The molecular weight excluding hydrogens is 245 g/mol. The number of hydrogen-bond donors (Lipinski definition) is 1. The minimum absolute atomic E-state index is 0.225. The van der Waals surface area contributed by atoms with E-state index in [-0.39, 0.29) is 11.9 Å². The summed E-state index contributed by atoms with van der Waals surface area (Å²) in [5.41, 5.74) is -0.871. The zero-order valence-corrected chi connectivity index (χ0v) is 9.83. The first-order valence-electron chi connectivity index (χ1n) is 5.95. The van der Waals surface area contributed by atoms with E-state index in [4.69, 9.17) is 4.74 Å². The number of anilines is 1. The van der Waals surface area contributed by atoms with Crippen LogP contribution in [-0.2, 0) is 10.9 Å². The van der Waals surface area contributed by atoms with Crippen LogP contribution in [0.15, 0.2) is 18.2 Å². The van der Waals surface area contributed by atoms with Crippen molar-refractivity contribution >= 4 is 5.82 Å². The van der Waals surface area contributed by atoms with Gasteiger partial charge in [-0.1, -0.05) is 6.07 Å². The van der Waals surface area contributed by atoms with Crippen LogP contribution in [0.2, 0.25) is 0 Å². The van der Waals surface area contributed by atoms with E-state index >= 15 is 0 Å². The molecule has 2 rings (SSSR count). The second kappa shape index (κ2) is 5.56. The van der Waals surface area contributed by atoms with Gasteiger partial charge in [0.2, 0.25) is 0 Å². The first kappa shape index (κ1) is 13.1. The first-order valence-corrected chi connectivity index (χ1v) is 5.95. The molecule has 0 radical (unpaired) electrons. The highest BCUT2D eigenvalue weighted by Gasteiger charge is 2.32. The molecule has 0 amide bonds. The van der Waals surface area contributed by atoms with Gasteiger partial charge in [-0.2, -0.15) is 13.2 Å². The lowest BCUT2D eigenvalue weighted by Crippen LogP contribution is -2.14. The van der Waals surface area contributed by atoms with Crippen molar-refractivity contribution in [2.45, 2.75) is 31.5 Å². The van der Waals surface area contributed by atoms with Gasteiger partial charge in [0.05, 0.1) is 6.10 Å². The standard InChI is InChI=1S/C12H15F3N2O/c13-12(14,15)10-4-1-5-11(17-10)16-7-6-9-3-2-8-18-9/h1,4-5,9H,2-3,6-8H2,(H,16,17). The SMILES string of the molecule is FC(F)(F)c1cccc(NCCC2CCCO2)n1. The van der Waals surface area contributed by atoms with Crippen molar-refractivity contribution in [3.05, 3.63) is 23.9 Å². The highest BCUT2D eigenvalue weighted by atomic mass is 19.4. The number of rotatable bonds is 4. The number of ether oxygens (including phenoxy) is 1. The summed E-state index contributed by atoms with van der Waals surface area (Å²) in [6.45, 7) is 1.35. The number of nitrogens with one attached hydrogen (secondary N) is 1. The molecular formula is C12H15F3N2O. The lowest BCUT2D eigenvalue weighted by molar-refractivity contribution is -0.141. The molecule has 1 aliphatic rings. The average molecular weight is 260 g/mol. The van der Waals surface area contributed by atoms with Gasteiger partial charge in [0, 0.05) is 13.2 Å². The van der Waals surface area contributed by atoms with Crippen molar-refractivity contribution < 1.29 is 17.9 Å². The maximum Gasteiger partial charge on any atom is 0.433 e. The third kappa shape index (κ3) is 3.60. The van der Waals surface area contributed by atoms with Gasteiger partial charge in [-0.15, -0.1) is 0 Å². The van der Waals surface area contributed by atoms with E-state index in [2.05, 4.69) is 10.3 Å². The number of hydrogen-bond acceptors (Lipinski definition) is 3. The third-order valence-corrected chi connectivity index (χ3v) is 2.84. The van der Waals surface area contributed by atoms with Crippen LogP contribution in [-0.4, -0.2) is 24.2 Å². The second-order valence-corrected chi connectivity index (χ2v) is 4.26. The molecule has 1 N–H and O–H groups in total. The summed E-state index contributed by atoms with van der Waals surface area (Å²) in [5, 5.41) is 2.89. The molecule has 3 nitrogen and oxygen atoms in total. The minimum Gasteiger partial charge on any atom is -0.378 e. The van der Waals surface area contributed by atoms with Crippen LogP contribution >= 0.6 is 0 Å². The average Bonchev–Trinajstić information content (AvgIpc) is 2.81. The molecule has 1 aliphatic heterocycles. The maximum atomic E-state index is 12.4. The summed E-state index contributed by atoms with van der Waals surface area (Å²) in [6.07, 6.45) is -1.29. The van der Waals surface area contributed by atoms with Gasteiger partial charge in [0.25, 0.3) is 0 Å². The van der Waals surface area contributed by atoms with Gasteiger partial charge in [0.15, 0.2) is 0 Å². The van der Waals surface area contributed by atoms with Crippen molar-refractivity contribution in [2.75, 3.05) is 18.5 Å². The lowest BCUT2D eigenvalue weighted by atomic mass is 10.2. The van der Waals surface area contributed by atoms with E-state index in [0.29, 0.717) is 6.54 Å². The van der Waals surface area contributed by atoms with Crippen molar-refractivity contribution in [3.8, 4) is 0 Å². The first-order chi connectivity index (χ1) is 8.55. The number of pyridine rings is 1. The molecule has 18 heavy (non-hydrogen) atoms. The number of aromatic nitrogens is 1. The van der Waals surface area contributed by atoms with Gasteiger partial charge < -0.3 is 10.1 Å². The summed E-state index contributed by atoms with van der Waals surface area (Å²) in [4.78, 5) is 3.53. The number of nitrogens with zero attached hydrogens (tertiary/aromatic N) is 1. The van der Waals surface area contributed by atoms with Crippen LogP contribution in [0, 0.1) is 0 Å².